The highest BCUT2D eigenvalue weighted by atomic mass is 32.2. The van der Waals surface area contributed by atoms with Crippen LogP contribution in [0.5, 0.6) is 17.2 Å². The van der Waals surface area contributed by atoms with Gasteiger partial charge >= 0.3 is 0 Å². The van der Waals surface area contributed by atoms with Crippen LogP contribution in [0, 0.1) is 0 Å². The number of hydrogen-bond acceptors (Lipinski definition) is 6. The molecule has 2 aromatic rings. The van der Waals surface area contributed by atoms with Gasteiger partial charge in [-0.1, -0.05) is 6.42 Å². The van der Waals surface area contributed by atoms with Crippen LogP contribution in [-0.2, 0) is 10.0 Å². The molecule has 0 unspecified atom stereocenters. The second-order valence-corrected chi connectivity index (χ2v) is 8.79. The molecule has 1 amide bonds. The van der Waals surface area contributed by atoms with Crippen LogP contribution in [-0.4, -0.2) is 45.6 Å². The van der Waals surface area contributed by atoms with Gasteiger partial charge in [0.15, 0.2) is 11.5 Å². The Kier molecular flexibility index (Phi) is 5.33. The number of piperidine rings is 1. The lowest BCUT2D eigenvalue weighted by molar-refractivity contribution is 0.102. The van der Waals surface area contributed by atoms with Crippen molar-refractivity contribution >= 4 is 21.6 Å². The monoisotopic (exact) mass is 418 g/mol. The van der Waals surface area contributed by atoms with Crippen molar-refractivity contribution in [2.24, 2.45) is 0 Å². The minimum absolute atomic E-state index is 0.0797. The van der Waals surface area contributed by atoms with Crippen LogP contribution in [0.3, 0.4) is 0 Å². The SMILES string of the molecule is COc1ccc(S(=O)(=O)N2CCCCC2)cc1C(=O)Nc1ccc2c(c1)OCO2. The number of nitrogens with one attached hydrogen (secondary N) is 1. The first-order valence-electron chi connectivity index (χ1n) is 9.38. The maximum Gasteiger partial charge on any atom is 0.259 e. The average molecular weight is 418 g/mol. The second kappa shape index (κ2) is 7.92. The molecule has 0 spiro atoms. The molecule has 0 aliphatic carbocycles. The molecular weight excluding hydrogens is 396 g/mol. The van der Waals surface area contributed by atoms with Crippen LogP contribution in [0.15, 0.2) is 41.3 Å². The summed E-state index contributed by atoms with van der Waals surface area (Å²) in [5, 5.41) is 2.76. The van der Waals surface area contributed by atoms with Crippen LogP contribution in [0.1, 0.15) is 29.6 Å². The van der Waals surface area contributed by atoms with Crippen molar-refractivity contribution in [3.05, 3.63) is 42.0 Å². The first-order chi connectivity index (χ1) is 14.0. The zero-order valence-corrected chi connectivity index (χ0v) is 16.8. The molecule has 2 aliphatic heterocycles. The molecule has 1 N–H and O–H groups in total. The normalized spacial score (nSPS) is 16.4. The minimum atomic E-state index is -3.66. The molecule has 154 valence electrons. The van der Waals surface area contributed by atoms with Gasteiger partial charge in [-0.05, 0) is 43.2 Å². The fourth-order valence-electron chi connectivity index (χ4n) is 3.45. The van der Waals surface area contributed by atoms with Crippen molar-refractivity contribution in [1.82, 2.24) is 4.31 Å². The highest BCUT2D eigenvalue weighted by molar-refractivity contribution is 7.89. The van der Waals surface area contributed by atoms with E-state index in [0.717, 1.165) is 19.3 Å². The number of rotatable bonds is 5. The van der Waals surface area contributed by atoms with E-state index < -0.39 is 15.9 Å². The number of methoxy groups -OCH3 is 1. The van der Waals surface area contributed by atoms with Gasteiger partial charge in [-0.25, -0.2) is 8.42 Å². The summed E-state index contributed by atoms with van der Waals surface area (Å²) in [7, 11) is -2.23. The molecule has 2 heterocycles. The van der Waals surface area contributed by atoms with E-state index in [-0.39, 0.29) is 17.3 Å². The van der Waals surface area contributed by atoms with Crippen molar-refractivity contribution < 1.29 is 27.4 Å². The summed E-state index contributed by atoms with van der Waals surface area (Å²) >= 11 is 0. The number of carbonyl (C=O) groups excluding carboxylic acids is 1. The molecule has 1 fully saturated rings. The molecule has 29 heavy (non-hydrogen) atoms. The third-order valence-electron chi connectivity index (χ3n) is 5.00. The molecule has 1 saturated heterocycles. The van der Waals surface area contributed by atoms with E-state index in [0.29, 0.717) is 36.0 Å². The van der Waals surface area contributed by atoms with Gasteiger partial charge in [0.2, 0.25) is 16.8 Å². The van der Waals surface area contributed by atoms with E-state index in [2.05, 4.69) is 5.32 Å². The highest BCUT2D eigenvalue weighted by Crippen LogP contribution is 2.34. The van der Waals surface area contributed by atoms with Gasteiger partial charge in [-0.2, -0.15) is 4.31 Å². The number of benzene rings is 2. The Balaban J connectivity index is 1.62. The van der Waals surface area contributed by atoms with Gasteiger partial charge in [0.05, 0.1) is 17.6 Å². The Hall–Kier alpha value is -2.78. The van der Waals surface area contributed by atoms with E-state index in [1.165, 1.54) is 29.6 Å². The minimum Gasteiger partial charge on any atom is -0.496 e. The summed E-state index contributed by atoms with van der Waals surface area (Å²) in [6.45, 7) is 1.12. The summed E-state index contributed by atoms with van der Waals surface area (Å²) in [6.07, 6.45) is 2.71. The third-order valence-corrected chi connectivity index (χ3v) is 6.89. The van der Waals surface area contributed by atoms with Gasteiger partial charge in [0.25, 0.3) is 5.91 Å². The molecule has 0 saturated carbocycles. The quantitative estimate of drug-likeness (QED) is 0.803. The molecular formula is C20H22N2O6S. The molecule has 0 aromatic heterocycles. The number of nitrogens with zero attached hydrogens (tertiary/aromatic N) is 1. The summed E-state index contributed by atoms with van der Waals surface area (Å²) in [6, 6.07) is 9.39. The lowest BCUT2D eigenvalue weighted by Crippen LogP contribution is -2.35. The number of ether oxygens (including phenoxy) is 3. The van der Waals surface area contributed by atoms with Gasteiger partial charge in [0, 0.05) is 24.8 Å². The third kappa shape index (κ3) is 3.88. The van der Waals surface area contributed by atoms with Gasteiger partial charge < -0.3 is 19.5 Å². The van der Waals surface area contributed by atoms with Crippen molar-refractivity contribution in [2.45, 2.75) is 24.2 Å². The predicted molar refractivity (Wildman–Crippen MR) is 106 cm³/mol. The largest absolute Gasteiger partial charge is 0.496 e. The van der Waals surface area contributed by atoms with Crippen LogP contribution < -0.4 is 19.5 Å². The van der Waals surface area contributed by atoms with E-state index in [1.54, 1.807) is 18.2 Å². The molecule has 8 nitrogen and oxygen atoms in total. The fraction of sp³-hybridized carbons (Fsp3) is 0.350. The Bertz CT molecular complexity index is 1030. The fourth-order valence-corrected chi connectivity index (χ4v) is 5.00. The van der Waals surface area contributed by atoms with E-state index in [1.807, 2.05) is 0 Å². The predicted octanol–water partition coefficient (Wildman–Crippen LogP) is 2.85. The first-order valence-corrected chi connectivity index (χ1v) is 10.8. The average Bonchev–Trinajstić information content (AvgIpc) is 3.21. The molecule has 2 aromatic carbocycles. The van der Waals surface area contributed by atoms with Crippen molar-refractivity contribution in [3.8, 4) is 17.2 Å². The first kappa shape index (κ1) is 19.5. The molecule has 0 bridgehead atoms. The summed E-state index contributed by atoms with van der Waals surface area (Å²) in [5.74, 6) is 0.962. The summed E-state index contributed by atoms with van der Waals surface area (Å²) in [5.41, 5.74) is 0.647. The van der Waals surface area contributed by atoms with Crippen molar-refractivity contribution in [1.29, 1.82) is 0 Å². The standard InChI is InChI=1S/C20H22N2O6S/c1-26-17-8-6-15(29(24,25)22-9-3-2-4-10-22)12-16(17)20(23)21-14-5-7-18-19(11-14)28-13-27-18/h5-8,11-12H,2-4,9-10,13H2,1H3,(H,21,23). The van der Waals surface area contributed by atoms with Crippen molar-refractivity contribution in [3.63, 3.8) is 0 Å². The smallest absolute Gasteiger partial charge is 0.259 e. The molecule has 0 atom stereocenters. The molecule has 0 radical (unpaired) electrons. The number of fused-ring (bicyclic) bond motifs is 1. The van der Waals surface area contributed by atoms with Crippen LogP contribution in [0.4, 0.5) is 5.69 Å². The Morgan fingerprint density at radius 1 is 1.03 bits per heavy atom. The number of anilines is 1. The Morgan fingerprint density at radius 2 is 1.79 bits per heavy atom. The number of sulfonamides is 1. The van der Waals surface area contributed by atoms with Crippen LogP contribution in [0.25, 0.3) is 0 Å². The molecule has 9 heteroatoms. The van der Waals surface area contributed by atoms with Crippen LogP contribution >= 0.6 is 0 Å². The zero-order valence-electron chi connectivity index (χ0n) is 16.0. The lowest BCUT2D eigenvalue weighted by Gasteiger charge is -2.26. The summed E-state index contributed by atoms with van der Waals surface area (Å²) in [4.78, 5) is 13.0. The van der Waals surface area contributed by atoms with Gasteiger partial charge in [-0.3, -0.25) is 4.79 Å². The second-order valence-electron chi connectivity index (χ2n) is 6.85. The Labute approximate surface area is 169 Å². The van der Waals surface area contributed by atoms with E-state index >= 15 is 0 Å². The molecule has 2 aliphatic rings. The van der Waals surface area contributed by atoms with Crippen LogP contribution in [0.2, 0.25) is 0 Å². The topological polar surface area (TPSA) is 94.2 Å². The number of amides is 1. The lowest BCUT2D eigenvalue weighted by atomic mass is 10.1. The van der Waals surface area contributed by atoms with Gasteiger partial charge in [-0.15, -0.1) is 0 Å². The Morgan fingerprint density at radius 3 is 2.55 bits per heavy atom. The number of hydrogen-bond donors (Lipinski definition) is 1. The maximum atomic E-state index is 13.0. The molecule has 4 rings (SSSR count). The van der Waals surface area contributed by atoms with Crippen molar-refractivity contribution in [2.75, 3.05) is 32.3 Å². The van der Waals surface area contributed by atoms with E-state index in [4.69, 9.17) is 14.2 Å². The maximum absolute atomic E-state index is 13.0. The van der Waals surface area contributed by atoms with E-state index in [9.17, 15) is 13.2 Å². The zero-order chi connectivity index (χ0) is 20.4. The summed E-state index contributed by atoms with van der Waals surface area (Å²) < 4.78 is 43.3. The number of carbonyl (C=O) groups is 1. The highest BCUT2D eigenvalue weighted by Gasteiger charge is 2.28. The van der Waals surface area contributed by atoms with Gasteiger partial charge in [0.1, 0.15) is 5.75 Å².